The summed E-state index contributed by atoms with van der Waals surface area (Å²) in [6, 6.07) is 9.55. The number of carbonyl (C=O) groups excluding carboxylic acids is 1. The number of hydrogen-bond acceptors (Lipinski definition) is 6. The minimum atomic E-state index is -3.36. The molecule has 1 amide bonds. The zero-order valence-corrected chi connectivity index (χ0v) is 19.0. The third-order valence-corrected chi connectivity index (χ3v) is 5.87. The van der Waals surface area contributed by atoms with Crippen LogP contribution in [0.5, 0.6) is 17.2 Å². The number of rotatable bonds is 9. The first-order chi connectivity index (χ1) is 14.1. The summed E-state index contributed by atoms with van der Waals surface area (Å²) in [7, 11) is 1.04. The number of carbonyl (C=O) groups is 1. The molecule has 0 aliphatic heterocycles. The minimum absolute atomic E-state index is 0.356. The summed E-state index contributed by atoms with van der Waals surface area (Å²) in [6.45, 7) is 1.82. The number of hydrogen-bond donors (Lipinski definition) is 1. The van der Waals surface area contributed by atoms with Crippen molar-refractivity contribution in [2.24, 2.45) is 0 Å². The van der Waals surface area contributed by atoms with E-state index in [1.165, 1.54) is 21.3 Å². The molecule has 0 aromatic heterocycles. The Labute approximate surface area is 181 Å². The molecule has 0 heterocycles. The smallest absolute Gasteiger partial charge is 0.265 e. The molecule has 0 aliphatic rings. The van der Waals surface area contributed by atoms with Crippen molar-refractivity contribution in [3.63, 3.8) is 0 Å². The van der Waals surface area contributed by atoms with Crippen LogP contribution in [0.15, 0.2) is 36.4 Å². The molecule has 30 heavy (non-hydrogen) atoms. The number of methoxy groups -OCH3 is 2. The summed E-state index contributed by atoms with van der Waals surface area (Å²) in [5, 5.41) is 3.13. The molecular weight excluding hydrogens is 432 g/mol. The fraction of sp³-hybridized carbons (Fsp3) is 0.350. The molecule has 2 aromatic carbocycles. The Morgan fingerprint density at radius 1 is 1.13 bits per heavy atom. The first-order valence-electron chi connectivity index (χ1n) is 9.03. The number of amides is 1. The van der Waals surface area contributed by atoms with Gasteiger partial charge in [0.15, 0.2) is 6.10 Å². The van der Waals surface area contributed by atoms with Crippen LogP contribution in [0.3, 0.4) is 0 Å². The Morgan fingerprint density at radius 2 is 1.73 bits per heavy atom. The molecule has 2 aromatic rings. The van der Waals surface area contributed by atoms with E-state index < -0.39 is 16.1 Å². The van der Waals surface area contributed by atoms with Crippen LogP contribution in [-0.4, -0.2) is 48.0 Å². The highest BCUT2D eigenvalue weighted by atomic mass is 35.5. The SMILES string of the molecule is CCC(Oc1ccc(N(C)S(C)(=O)=O)cc1)C(=O)Nc1cc(OC)c(Cl)cc1OC. The fourth-order valence-corrected chi connectivity index (χ4v) is 3.32. The van der Waals surface area contributed by atoms with Gasteiger partial charge in [-0.15, -0.1) is 0 Å². The minimum Gasteiger partial charge on any atom is -0.495 e. The second-order valence-electron chi connectivity index (χ2n) is 6.42. The Morgan fingerprint density at radius 3 is 2.23 bits per heavy atom. The van der Waals surface area contributed by atoms with Gasteiger partial charge < -0.3 is 19.5 Å². The van der Waals surface area contributed by atoms with Crippen molar-refractivity contribution in [2.75, 3.05) is 37.1 Å². The summed E-state index contributed by atoms with van der Waals surface area (Å²) in [4.78, 5) is 12.8. The summed E-state index contributed by atoms with van der Waals surface area (Å²) in [5.74, 6) is 0.838. The van der Waals surface area contributed by atoms with Crippen LogP contribution in [0.4, 0.5) is 11.4 Å². The van der Waals surface area contributed by atoms with Gasteiger partial charge in [-0.1, -0.05) is 18.5 Å². The molecule has 2 rings (SSSR count). The summed E-state index contributed by atoms with van der Waals surface area (Å²) in [5.41, 5.74) is 0.885. The average molecular weight is 457 g/mol. The maximum absolute atomic E-state index is 12.8. The number of nitrogens with zero attached hydrogens (tertiary/aromatic N) is 1. The highest BCUT2D eigenvalue weighted by molar-refractivity contribution is 7.92. The van der Waals surface area contributed by atoms with Crippen LogP contribution in [0.2, 0.25) is 5.02 Å². The lowest BCUT2D eigenvalue weighted by Crippen LogP contribution is -2.32. The van der Waals surface area contributed by atoms with Gasteiger partial charge in [0, 0.05) is 19.2 Å². The van der Waals surface area contributed by atoms with Crippen LogP contribution in [-0.2, 0) is 14.8 Å². The van der Waals surface area contributed by atoms with Crippen molar-refractivity contribution < 1.29 is 27.4 Å². The topological polar surface area (TPSA) is 94.2 Å². The maximum Gasteiger partial charge on any atom is 0.265 e. The molecule has 8 nitrogen and oxygen atoms in total. The fourth-order valence-electron chi connectivity index (χ4n) is 2.58. The van der Waals surface area contributed by atoms with Gasteiger partial charge in [-0.25, -0.2) is 8.42 Å². The van der Waals surface area contributed by atoms with Crippen LogP contribution in [0.25, 0.3) is 0 Å². The number of sulfonamides is 1. The average Bonchev–Trinajstić information content (AvgIpc) is 2.71. The van der Waals surface area contributed by atoms with Crippen LogP contribution < -0.4 is 23.8 Å². The maximum atomic E-state index is 12.8. The van der Waals surface area contributed by atoms with Crippen molar-refractivity contribution in [2.45, 2.75) is 19.4 Å². The van der Waals surface area contributed by atoms with E-state index >= 15 is 0 Å². The molecule has 0 saturated heterocycles. The van der Waals surface area contributed by atoms with E-state index in [2.05, 4.69) is 5.32 Å². The predicted octanol–water partition coefficient (Wildman–Crippen LogP) is 3.55. The summed E-state index contributed by atoms with van der Waals surface area (Å²) >= 11 is 6.09. The second kappa shape index (κ2) is 9.90. The van der Waals surface area contributed by atoms with Gasteiger partial charge in [-0.3, -0.25) is 9.10 Å². The van der Waals surface area contributed by atoms with E-state index in [0.29, 0.717) is 40.1 Å². The van der Waals surface area contributed by atoms with Gasteiger partial charge in [-0.2, -0.15) is 0 Å². The lowest BCUT2D eigenvalue weighted by atomic mass is 10.2. The summed E-state index contributed by atoms with van der Waals surface area (Å²) < 4.78 is 40.7. The molecule has 0 radical (unpaired) electrons. The highest BCUT2D eigenvalue weighted by Crippen LogP contribution is 2.36. The third-order valence-electron chi connectivity index (χ3n) is 4.37. The quantitative estimate of drug-likeness (QED) is 0.620. The Hall–Kier alpha value is -2.65. The molecule has 164 valence electrons. The van der Waals surface area contributed by atoms with Crippen LogP contribution in [0, 0.1) is 0 Å². The van der Waals surface area contributed by atoms with Crippen molar-refractivity contribution >= 4 is 38.9 Å². The molecule has 10 heteroatoms. The van der Waals surface area contributed by atoms with Crippen LogP contribution >= 0.6 is 11.6 Å². The molecule has 0 spiro atoms. The molecule has 0 aliphatic carbocycles. The van der Waals surface area contributed by atoms with Gasteiger partial charge in [0.2, 0.25) is 10.0 Å². The molecule has 1 N–H and O–H groups in total. The van der Waals surface area contributed by atoms with E-state index in [4.69, 9.17) is 25.8 Å². The number of benzene rings is 2. The van der Waals surface area contributed by atoms with Crippen molar-refractivity contribution in [3.8, 4) is 17.2 Å². The van der Waals surface area contributed by atoms with Gasteiger partial charge in [0.25, 0.3) is 5.91 Å². The normalized spacial score (nSPS) is 12.1. The van der Waals surface area contributed by atoms with Crippen LogP contribution in [0.1, 0.15) is 13.3 Å². The molecule has 0 fully saturated rings. The lowest BCUT2D eigenvalue weighted by Gasteiger charge is -2.20. The third kappa shape index (κ3) is 5.70. The number of nitrogens with one attached hydrogen (secondary N) is 1. The van der Waals surface area contributed by atoms with E-state index in [0.717, 1.165) is 10.6 Å². The Bertz CT molecular complexity index is 995. The molecule has 1 unspecified atom stereocenters. The van der Waals surface area contributed by atoms with Crippen molar-refractivity contribution in [1.82, 2.24) is 0 Å². The van der Waals surface area contributed by atoms with Gasteiger partial charge in [-0.05, 0) is 30.7 Å². The summed E-state index contributed by atoms with van der Waals surface area (Å²) in [6.07, 6.45) is 0.744. The second-order valence-corrected chi connectivity index (χ2v) is 8.84. The van der Waals surface area contributed by atoms with E-state index in [-0.39, 0.29) is 5.91 Å². The Kier molecular flexibility index (Phi) is 7.80. The van der Waals surface area contributed by atoms with E-state index in [1.54, 1.807) is 36.4 Å². The Balaban J connectivity index is 2.16. The molecule has 0 saturated carbocycles. The van der Waals surface area contributed by atoms with E-state index in [1.807, 2.05) is 6.92 Å². The first-order valence-corrected chi connectivity index (χ1v) is 11.3. The number of halogens is 1. The largest absolute Gasteiger partial charge is 0.495 e. The molecular formula is C20H25ClN2O6S. The van der Waals surface area contributed by atoms with Crippen molar-refractivity contribution in [1.29, 1.82) is 0 Å². The van der Waals surface area contributed by atoms with Gasteiger partial charge in [0.05, 0.1) is 36.9 Å². The highest BCUT2D eigenvalue weighted by Gasteiger charge is 2.21. The lowest BCUT2D eigenvalue weighted by molar-refractivity contribution is -0.122. The first kappa shape index (κ1) is 23.6. The zero-order chi connectivity index (χ0) is 22.5. The van der Waals surface area contributed by atoms with E-state index in [9.17, 15) is 13.2 Å². The number of anilines is 2. The molecule has 1 atom stereocenters. The zero-order valence-electron chi connectivity index (χ0n) is 17.4. The van der Waals surface area contributed by atoms with Crippen molar-refractivity contribution in [3.05, 3.63) is 41.4 Å². The molecule has 0 bridgehead atoms. The van der Waals surface area contributed by atoms with Gasteiger partial charge >= 0.3 is 0 Å². The standard InChI is InChI=1S/C20H25ClN2O6S/c1-6-17(29-14-9-7-13(8-10-14)23(2)30(5,25)26)20(24)22-16-12-18(27-3)15(21)11-19(16)28-4/h7-12,17H,6H2,1-5H3,(H,22,24). The monoisotopic (exact) mass is 456 g/mol. The number of ether oxygens (including phenoxy) is 3. The predicted molar refractivity (Wildman–Crippen MR) is 118 cm³/mol. The van der Waals surface area contributed by atoms with Gasteiger partial charge in [0.1, 0.15) is 17.2 Å².